The average molecular weight is 255 g/mol. The lowest BCUT2D eigenvalue weighted by Gasteiger charge is -2.19. The van der Waals surface area contributed by atoms with E-state index in [0.29, 0.717) is 0 Å². The Kier molecular flexibility index (Phi) is 1.83. The molecule has 5 rings (SSSR count). The van der Waals surface area contributed by atoms with E-state index in [0.717, 1.165) is 12.8 Å². The second kappa shape index (κ2) is 3.46. The third-order valence-electron chi connectivity index (χ3n) is 4.92. The van der Waals surface area contributed by atoms with Crippen molar-refractivity contribution in [2.24, 2.45) is 0 Å². The van der Waals surface area contributed by atoms with E-state index in [9.17, 15) is 0 Å². The quantitative estimate of drug-likeness (QED) is 0.504. The minimum Gasteiger partial charge on any atom is -0.0615 e. The van der Waals surface area contributed by atoms with Crippen molar-refractivity contribution in [3.8, 4) is 11.1 Å². The third kappa shape index (κ3) is 1.15. The average Bonchev–Trinajstić information content (AvgIpc) is 2.83. The van der Waals surface area contributed by atoms with E-state index < -0.39 is 0 Å². The maximum atomic E-state index is 2.33. The van der Waals surface area contributed by atoms with Gasteiger partial charge in [-0.15, -0.1) is 0 Å². The smallest absolute Gasteiger partial charge is 0.0615 e. The maximum Gasteiger partial charge on any atom is 0.149 e. The Morgan fingerprint density at radius 3 is 2.60 bits per heavy atom. The second-order valence-corrected chi connectivity index (χ2v) is 6.07. The Labute approximate surface area is 119 Å². The van der Waals surface area contributed by atoms with Crippen LogP contribution in [0.1, 0.15) is 22.3 Å². The molecule has 0 radical (unpaired) electrons. The summed E-state index contributed by atoms with van der Waals surface area (Å²) in [6, 6.07) is 18.1. The molecule has 0 nitrogen and oxygen atoms in total. The molecule has 0 unspecified atom stereocenters. The van der Waals surface area contributed by atoms with Crippen molar-refractivity contribution in [3.05, 3.63) is 76.7 Å². The number of aryl methyl sites for hydroxylation is 1. The number of rotatable bonds is 0. The summed E-state index contributed by atoms with van der Waals surface area (Å²) in [7, 11) is 0. The van der Waals surface area contributed by atoms with Crippen LogP contribution in [0.5, 0.6) is 0 Å². The van der Waals surface area contributed by atoms with E-state index in [1.165, 1.54) is 38.6 Å². The molecule has 0 atom stereocenters. The lowest BCUT2D eigenvalue weighted by atomic mass is 9.78. The van der Waals surface area contributed by atoms with Crippen LogP contribution >= 0.6 is 0 Å². The van der Waals surface area contributed by atoms with Crippen LogP contribution in [0.25, 0.3) is 21.9 Å². The molecule has 0 amide bonds. The summed E-state index contributed by atoms with van der Waals surface area (Å²) in [5.74, 6) is 1.62. The monoisotopic (exact) mass is 255 g/mol. The molecular weight excluding hydrogens is 240 g/mol. The van der Waals surface area contributed by atoms with Gasteiger partial charge in [0.15, 0.2) is 0 Å². The SMILES string of the molecule is Cc1cccc2c1-c1ccc3cccc4c3c1[C+](C2)C4. The van der Waals surface area contributed by atoms with Crippen molar-refractivity contribution < 1.29 is 0 Å². The van der Waals surface area contributed by atoms with E-state index in [2.05, 4.69) is 55.5 Å². The number of hydrogen-bond donors (Lipinski definition) is 0. The van der Waals surface area contributed by atoms with Gasteiger partial charge in [0.2, 0.25) is 0 Å². The Balaban J connectivity index is 1.97. The van der Waals surface area contributed by atoms with Gasteiger partial charge in [-0.05, 0) is 36.2 Å². The minimum absolute atomic E-state index is 1.12. The van der Waals surface area contributed by atoms with Gasteiger partial charge in [-0.3, -0.25) is 0 Å². The lowest BCUT2D eigenvalue weighted by Crippen LogP contribution is -2.11. The van der Waals surface area contributed by atoms with Gasteiger partial charge in [0, 0.05) is 34.9 Å². The largest absolute Gasteiger partial charge is 0.149 e. The van der Waals surface area contributed by atoms with Gasteiger partial charge in [0.05, 0.1) is 17.4 Å². The zero-order chi connectivity index (χ0) is 13.3. The molecule has 20 heavy (non-hydrogen) atoms. The molecule has 0 N–H and O–H groups in total. The van der Waals surface area contributed by atoms with Crippen LogP contribution in [0.4, 0.5) is 0 Å². The first-order valence-electron chi connectivity index (χ1n) is 7.31. The topological polar surface area (TPSA) is 0 Å². The van der Waals surface area contributed by atoms with Gasteiger partial charge in [-0.25, -0.2) is 0 Å². The standard InChI is InChI=1S/C20H15/c1-12-4-2-6-14-10-16-11-15-7-3-5-13-8-9-17(18(12)14)20(16)19(13)15/h2-9H,10-11H2,1H3/q+1. The maximum absolute atomic E-state index is 2.33. The summed E-state index contributed by atoms with van der Waals surface area (Å²) in [6.07, 6.45) is 2.26. The van der Waals surface area contributed by atoms with Crippen molar-refractivity contribution in [1.82, 2.24) is 0 Å². The molecule has 0 fully saturated rings. The van der Waals surface area contributed by atoms with Gasteiger partial charge < -0.3 is 0 Å². The van der Waals surface area contributed by atoms with Crippen molar-refractivity contribution >= 4 is 10.8 Å². The van der Waals surface area contributed by atoms with Gasteiger partial charge in [-0.2, -0.15) is 0 Å². The van der Waals surface area contributed by atoms with Crippen LogP contribution in [0, 0.1) is 12.8 Å². The molecule has 2 aliphatic rings. The Bertz CT molecular complexity index is 871. The fraction of sp³-hybridized carbons (Fsp3) is 0.150. The first kappa shape index (κ1) is 10.6. The highest BCUT2D eigenvalue weighted by Crippen LogP contribution is 2.49. The summed E-state index contributed by atoms with van der Waals surface area (Å²) in [4.78, 5) is 0. The number of hydrogen-bond acceptors (Lipinski definition) is 0. The molecule has 0 bridgehead atoms. The molecule has 3 aromatic carbocycles. The lowest BCUT2D eigenvalue weighted by molar-refractivity contribution is 0.922. The van der Waals surface area contributed by atoms with Crippen molar-refractivity contribution in [1.29, 1.82) is 0 Å². The predicted molar refractivity (Wildman–Crippen MR) is 83.9 cm³/mol. The first-order valence-corrected chi connectivity index (χ1v) is 7.31. The highest BCUT2D eigenvalue weighted by Gasteiger charge is 2.40. The van der Waals surface area contributed by atoms with Crippen molar-refractivity contribution in [2.45, 2.75) is 19.8 Å². The van der Waals surface area contributed by atoms with E-state index in [1.807, 2.05) is 0 Å². The molecule has 0 spiro atoms. The molecule has 94 valence electrons. The summed E-state index contributed by atoms with van der Waals surface area (Å²) < 4.78 is 0. The summed E-state index contributed by atoms with van der Waals surface area (Å²) in [6.45, 7) is 2.24. The van der Waals surface area contributed by atoms with Crippen LogP contribution in [0.3, 0.4) is 0 Å². The molecule has 0 aliphatic heterocycles. The molecule has 0 heteroatoms. The fourth-order valence-corrected chi connectivity index (χ4v) is 4.14. The number of benzene rings is 3. The molecule has 0 saturated heterocycles. The van der Waals surface area contributed by atoms with Gasteiger partial charge in [0.25, 0.3) is 0 Å². The Morgan fingerprint density at radius 1 is 0.850 bits per heavy atom. The zero-order valence-electron chi connectivity index (χ0n) is 11.5. The second-order valence-electron chi connectivity index (χ2n) is 6.07. The van der Waals surface area contributed by atoms with E-state index in [4.69, 9.17) is 0 Å². The molecule has 3 aromatic rings. The van der Waals surface area contributed by atoms with Crippen LogP contribution in [0.2, 0.25) is 0 Å². The molecule has 0 saturated carbocycles. The summed E-state index contributed by atoms with van der Waals surface area (Å²) in [5, 5.41) is 2.90. The minimum atomic E-state index is 1.12. The first-order chi connectivity index (χ1) is 9.83. The van der Waals surface area contributed by atoms with Crippen molar-refractivity contribution in [2.75, 3.05) is 0 Å². The highest BCUT2D eigenvalue weighted by atomic mass is 14.4. The molecule has 2 aliphatic carbocycles. The van der Waals surface area contributed by atoms with E-state index in [1.54, 1.807) is 11.5 Å². The molecular formula is C20H15+. The van der Waals surface area contributed by atoms with Gasteiger partial charge in [-0.1, -0.05) is 24.3 Å². The van der Waals surface area contributed by atoms with Crippen LogP contribution < -0.4 is 0 Å². The van der Waals surface area contributed by atoms with Gasteiger partial charge in [0.1, 0.15) is 5.56 Å². The van der Waals surface area contributed by atoms with Crippen molar-refractivity contribution in [3.63, 3.8) is 0 Å². The number of fused-ring (bicyclic) bond motifs is 2. The zero-order valence-corrected chi connectivity index (χ0v) is 11.5. The Morgan fingerprint density at radius 2 is 1.65 bits per heavy atom. The van der Waals surface area contributed by atoms with E-state index >= 15 is 0 Å². The Hall–Kier alpha value is -2.21. The van der Waals surface area contributed by atoms with Crippen LogP contribution in [0.15, 0.2) is 48.5 Å². The van der Waals surface area contributed by atoms with Crippen LogP contribution in [-0.2, 0) is 12.8 Å². The molecule has 0 aromatic heterocycles. The van der Waals surface area contributed by atoms with Gasteiger partial charge >= 0.3 is 0 Å². The predicted octanol–water partition coefficient (Wildman–Crippen LogP) is 4.85. The molecule has 0 heterocycles. The summed E-state index contributed by atoms with van der Waals surface area (Å²) in [5.41, 5.74) is 8.89. The fourth-order valence-electron chi connectivity index (χ4n) is 4.14. The summed E-state index contributed by atoms with van der Waals surface area (Å²) >= 11 is 0. The highest BCUT2D eigenvalue weighted by molar-refractivity contribution is 6.00. The van der Waals surface area contributed by atoms with Crippen LogP contribution in [-0.4, -0.2) is 0 Å². The van der Waals surface area contributed by atoms with E-state index in [-0.39, 0.29) is 0 Å². The normalized spacial score (nSPS) is 14.8. The third-order valence-corrected chi connectivity index (χ3v) is 4.92.